The average molecular weight is 441 g/mol. The summed E-state index contributed by atoms with van der Waals surface area (Å²) >= 11 is 6.25. The first kappa shape index (κ1) is 21.3. The Hall–Kier alpha value is -2.97. The number of anilines is 2. The summed E-state index contributed by atoms with van der Waals surface area (Å²) in [5.41, 5.74) is 4.36. The van der Waals surface area contributed by atoms with Crippen molar-refractivity contribution < 1.29 is 13.2 Å². The molecule has 0 saturated carbocycles. The lowest BCUT2D eigenvalue weighted by Crippen LogP contribution is -2.34. The molecule has 158 valence electrons. The summed E-state index contributed by atoms with van der Waals surface area (Å²) in [6.07, 6.45) is -3.45. The summed E-state index contributed by atoms with van der Waals surface area (Å²) in [5.74, 6) is 0. The Kier molecular flexibility index (Phi) is 5.23. The molecule has 0 atom stereocenters. The van der Waals surface area contributed by atoms with Crippen LogP contribution in [0.1, 0.15) is 37.0 Å². The Labute approximate surface area is 184 Å². The van der Waals surface area contributed by atoms with E-state index < -0.39 is 11.7 Å². The van der Waals surface area contributed by atoms with Crippen LogP contribution in [0, 0.1) is 11.3 Å². The highest BCUT2D eigenvalue weighted by Gasteiger charge is 2.33. The topological polar surface area (TPSA) is 27.0 Å². The lowest BCUT2D eigenvalue weighted by molar-refractivity contribution is -0.137. The van der Waals surface area contributed by atoms with Crippen LogP contribution >= 0.6 is 11.6 Å². The van der Waals surface area contributed by atoms with E-state index in [2.05, 4.69) is 30.9 Å². The van der Waals surface area contributed by atoms with Gasteiger partial charge in [-0.3, -0.25) is 0 Å². The maximum Gasteiger partial charge on any atom is 0.416 e. The number of benzene rings is 3. The van der Waals surface area contributed by atoms with Crippen molar-refractivity contribution >= 4 is 23.0 Å². The van der Waals surface area contributed by atoms with Gasteiger partial charge in [0.2, 0.25) is 0 Å². The van der Waals surface area contributed by atoms with Gasteiger partial charge in [-0.1, -0.05) is 43.6 Å². The first-order valence-corrected chi connectivity index (χ1v) is 10.3. The molecule has 0 spiro atoms. The highest BCUT2D eigenvalue weighted by Crippen LogP contribution is 2.45. The van der Waals surface area contributed by atoms with Crippen LogP contribution in [-0.2, 0) is 11.6 Å². The van der Waals surface area contributed by atoms with Gasteiger partial charge in [0.25, 0.3) is 0 Å². The smallest absolute Gasteiger partial charge is 0.341 e. The van der Waals surface area contributed by atoms with Crippen molar-refractivity contribution in [2.45, 2.75) is 31.9 Å². The van der Waals surface area contributed by atoms with E-state index in [9.17, 15) is 13.2 Å². The number of nitrogens with zero attached hydrogens (tertiary/aromatic N) is 2. The van der Waals surface area contributed by atoms with Crippen molar-refractivity contribution in [2.24, 2.45) is 0 Å². The number of rotatable bonds is 2. The first-order valence-electron chi connectivity index (χ1n) is 9.89. The molecule has 31 heavy (non-hydrogen) atoms. The summed E-state index contributed by atoms with van der Waals surface area (Å²) in [6, 6.07) is 18.7. The highest BCUT2D eigenvalue weighted by molar-refractivity contribution is 6.32. The summed E-state index contributed by atoms with van der Waals surface area (Å²) in [5, 5.41) is 9.55. The van der Waals surface area contributed by atoms with E-state index in [1.807, 2.05) is 18.2 Å². The van der Waals surface area contributed by atoms with Crippen molar-refractivity contribution in [3.63, 3.8) is 0 Å². The van der Waals surface area contributed by atoms with Crippen LogP contribution in [0.3, 0.4) is 0 Å². The molecule has 0 saturated heterocycles. The molecule has 0 aliphatic carbocycles. The lowest BCUT2D eigenvalue weighted by atomic mass is 9.76. The largest absolute Gasteiger partial charge is 0.416 e. The third-order valence-corrected chi connectivity index (χ3v) is 6.22. The normalized spacial score (nSPS) is 15.3. The summed E-state index contributed by atoms with van der Waals surface area (Å²) in [7, 11) is 0. The minimum absolute atomic E-state index is 0.0931. The maximum atomic E-state index is 12.9. The molecule has 0 unspecified atom stereocenters. The van der Waals surface area contributed by atoms with Crippen molar-refractivity contribution in [3.8, 4) is 17.2 Å². The van der Waals surface area contributed by atoms with E-state index in [1.54, 1.807) is 12.1 Å². The van der Waals surface area contributed by atoms with Crippen molar-refractivity contribution in [2.75, 3.05) is 11.4 Å². The fraction of sp³-hybridized carbons (Fsp3) is 0.240. The Morgan fingerprint density at radius 1 is 0.968 bits per heavy atom. The van der Waals surface area contributed by atoms with Gasteiger partial charge in [0.15, 0.2) is 0 Å². The second-order valence-corrected chi connectivity index (χ2v) is 8.78. The Balaban J connectivity index is 1.76. The van der Waals surface area contributed by atoms with E-state index in [-0.39, 0.29) is 5.41 Å². The summed E-state index contributed by atoms with van der Waals surface area (Å²) in [6.45, 7) is 5.14. The van der Waals surface area contributed by atoms with Gasteiger partial charge in [-0.15, -0.1) is 0 Å². The van der Waals surface area contributed by atoms with Crippen LogP contribution in [0.25, 0.3) is 11.1 Å². The molecular weight excluding hydrogens is 421 g/mol. The van der Waals surface area contributed by atoms with Crippen LogP contribution in [0.5, 0.6) is 0 Å². The van der Waals surface area contributed by atoms with Crippen LogP contribution in [0.15, 0.2) is 60.7 Å². The molecule has 0 radical (unpaired) electrons. The van der Waals surface area contributed by atoms with Gasteiger partial charge in [-0.25, -0.2) is 0 Å². The third kappa shape index (κ3) is 4.00. The fourth-order valence-corrected chi connectivity index (χ4v) is 4.24. The number of halogens is 4. The molecule has 0 aromatic heterocycles. The molecule has 0 fully saturated rings. The number of nitriles is 1. The Morgan fingerprint density at radius 3 is 2.26 bits per heavy atom. The quantitative estimate of drug-likeness (QED) is 0.408. The molecule has 1 aliphatic rings. The predicted molar refractivity (Wildman–Crippen MR) is 118 cm³/mol. The van der Waals surface area contributed by atoms with Crippen LogP contribution < -0.4 is 4.90 Å². The minimum atomic E-state index is -4.35. The molecule has 6 heteroatoms. The summed E-state index contributed by atoms with van der Waals surface area (Å²) < 4.78 is 38.7. The molecule has 0 bridgehead atoms. The highest BCUT2D eigenvalue weighted by atomic mass is 35.5. The van der Waals surface area contributed by atoms with Gasteiger partial charge in [0.05, 0.1) is 16.1 Å². The number of hydrogen-bond donors (Lipinski definition) is 0. The van der Waals surface area contributed by atoms with Crippen LogP contribution in [-0.4, -0.2) is 6.54 Å². The number of alkyl halides is 3. The van der Waals surface area contributed by atoms with Gasteiger partial charge in [-0.2, -0.15) is 18.4 Å². The minimum Gasteiger partial charge on any atom is -0.341 e. The Bertz CT molecular complexity index is 1170. The third-order valence-electron chi connectivity index (χ3n) is 5.91. The molecule has 2 nitrogen and oxygen atoms in total. The van der Waals surface area contributed by atoms with E-state index in [0.29, 0.717) is 10.6 Å². The second kappa shape index (κ2) is 7.62. The average Bonchev–Trinajstić information content (AvgIpc) is 2.73. The van der Waals surface area contributed by atoms with E-state index in [0.717, 1.165) is 53.2 Å². The SMILES string of the molecule is CC1(C)CCN(c2ccc(C#N)c(Cl)c2)c2ccc(-c3ccc(C(F)(F)F)cc3)cc21. The zero-order valence-electron chi connectivity index (χ0n) is 17.1. The molecule has 0 N–H and O–H groups in total. The molecule has 1 aliphatic heterocycles. The molecule has 0 amide bonds. The van der Waals surface area contributed by atoms with Gasteiger partial charge in [-0.05, 0) is 71.0 Å². The number of hydrogen-bond acceptors (Lipinski definition) is 2. The van der Waals surface area contributed by atoms with Crippen molar-refractivity contribution in [3.05, 3.63) is 82.4 Å². The van der Waals surface area contributed by atoms with Gasteiger partial charge in [0, 0.05) is 17.9 Å². The monoisotopic (exact) mass is 440 g/mol. The zero-order valence-corrected chi connectivity index (χ0v) is 17.8. The van der Waals surface area contributed by atoms with Gasteiger partial charge >= 0.3 is 6.18 Å². The predicted octanol–water partition coefficient (Wildman–Crippen LogP) is 7.72. The summed E-state index contributed by atoms with van der Waals surface area (Å²) in [4.78, 5) is 2.17. The fourth-order valence-electron chi connectivity index (χ4n) is 4.02. The van der Waals surface area contributed by atoms with Crippen molar-refractivity contribution in [1.29, 1.82) is 5.26 Å². The molecule has 3 aromatic rings. The molecule has 4 rings (SSSR count). The van der Waals surface area contributed by atoms with Gasteiger partial charge in [0.1, 0.15) is 6.07 Å². The second-order valence-electron chi connectivity index (χ2n) is 8.37. The van der Waals surface area contributed by atoms with E-state index in [1.165, 1.54) is 12.1 Å². The lowest BCUT2D eigenvalue weighted by Gasteiger charge is -2.40. The van der Waals surface area contributed by atoms with Crippen molar-refractivity contribution in [1.82, 2.24) is 0 Å². The van der Waals surface area contributed by atoms with Gasteiger partial charge < -0.3 is 4.90 Å². The van der Waals surface area contributed by atoms with Crippen LogP contribution in [0.2, 0.25) is 5.02 Å². The van der Waals surface area contributed by atoms with Crippen LogP contribution in [0.4, 0.5) is 24.5 Å². The molecular formula is C25H20ClF3N2. The number of fused-ring (bicyclic) bond motifs is 1. The standard InChI is InChI=1S/C25H20ClF3N2/c1-24(2)11-12-31(20-9-5-18(15-30)22(26)14-20)23-10-6-17(13-21(23)24)16-3-7-19(8-4-16)25(27,28)29/h3-10,13-14H,11-12H2,1-2H3. The molecule has 1 heterocycles. The zero-order chi connectivity index (χ0) is 22.4. The maximum absolute atomic E-state index is 12.9. The van der Waals surface area contributed by atoms with E-state index >= 15 is 0 Å². The molecule has 3 aromatic carbocycles. The first-order chi connectivity index (χ1) is 14.6. The van der Waals surface area contributed by atoms with E-state index in [4.69, 9.17) is 16.9 Å². The Morgan fingerprint density at radius 2 is 1.65 bits per heavy atom.